The lowest BCUT2D eigenvalue weighted by atomic mass is 9.88. The average molecular weight is 316 g/mol. The summed E-state index contributed by atoms with van der Waals surface area (Å²) in [6, 6.07) is 7.80. The Morgan fingerprint density at radius 1 is 1.30 bits per heavy atom. The zero-order valence-electron chi connectivity index (χ0n) is 13.7. The molecular weight excluding hydrogens is 292 g/mol. The minimum absolute atomic E-state index is 0.0212. The molecule has 0 radical (unpaired) electrons. The number of carboxylic acids is 1. The Labute approximate surface area is 136 Å². The van der Waals surface area contributed by atoms with Crippen LogP contribution in [-0.4, -0.2) is 48.6 Å². The summed E-state index contributed by atoms with van der Waals surface area (Å²) in [6.07, 6.45) is 1.07. The summed E-state index contributed by atoms with van der Waals surface area (Å²) in [4.78, 5) is 27.7. The molecule has 0 spiro atoms. The molecule has 2 aliphatic rings. The molecule has 1 aromatic carbocycles. The highest BCUT2D eigenvalue weighted by Gasteiger charge is 2.43. The fraction of sp³-hybridized carbons (Fsp3) is 0.556. The molecule has 5 heteroatoms. The second kappa shape index (κ2) is 6.32. The number of nitrogens with zero attached hydrogens (tertiary/aromatic N) is 2. The van der Waals surface area contributed by atoms with Crippen molar-refractivity contribution in [1.29, 1.82) is 0 Å². The standard InChI is InChI=1S/C18H24N2O3/c1-12(9-17(21)22)13-3-5-15(6-4-13)20-11-14-10-19(2)8-7-16(14)18(20)23/h3-6,12,14,16H,7-11H2,1-2H3,(H,21,22)/t12?,14-,16-/m0/s1. The lowest BCUT2D eigenvalue weighted by Gasteiger charge is -2.29. The molecule has 5 nitrogen and oxygen atoms in total. The molecule has 3 rings (SSSR count). The topological polar surface area (TPSA) is 60.9 Å². The van der Waals surface area contributed by atoms with E-state index in [-0.39, 0.29) is 24.2 Å². The van der Waals surface area contributed by atoms with Crippen LogP contribution in [0.5, 0.6) is 0 Å². The highest BCUT2D eigenvalue weighted by atomic mass is 16.4. The van der Waals surface area contributed by atoms with E-state index < -0.39 is 5.97 Å². The van der Waals surface area contributed by atoms with Gasteiger partial charge in [-0.3, -0.25) is 9.59 Å². The number of hydrogen-bond donors (Lipinski definition) is 1. The van der Waals surface area contributed by atoms with Crippen LogP contribution >= 0.6 is 0 Å². The number of carbonyl (C=O) groups is 2. The Hall–Kier alpha value is -1.88. The number of fused-ring (bicyclic) bond motifs is 1. The van der Waals surface area contributed by atoms with Gasteiger partial charge < -0.3 is 14.9 Å². The van der Waals surface area contributed by atoms with Crippen LogP contribution in [-0.2, 0) is 9.59 Å². The number of rotatable bonds is 4. The van der Waals surface area contributed by atoms with Gasteiger partial charge in [0.15, 0.2) is 0 Å². The van der Waals surface area contributed by atoms with Crippen molar-refractivity contribution in [1.82, 2.24) is 4.90 Å². The van der Waals surface area contributed by atoms with Crippen LogP contribution in [0.2, 0.25) is 0 Å². The lowest BCUT2D eigenvalue weighted by Crippen LogP contribution is -2.38. The Kier molecular flexibility index (Phi) is 4.39. The van der Waals surface area contributed by atoms with E-state index in [1.54, 1.807) is 0 Å². The van der Waals surface area contributed by atoms with Gasteiger partial charge >= 0.3 is 5.97 Å². The normalized spacial score (nSPS) is 26.2. The second-order valence-electron chi connectivity index (χ2n) is 6.96. The molecule has 0 saturated carbocycles. The van der Waals surface area contributed by atoms with Crippen molar-refractivity contribution in [2.45, 2.75) is 25.7 Å². The minimum Gasteiger partial charge on any atom is -0.481 e. The third-order valence-electron chi connectivity index (χ3n) is 5.19. The fourth-order valence-corrected chi connectivity index (χ4v) is 3.84. The summed E-state index contributed by atoms with van der Waals surface area (Å²) in [5.41, 5.74) is 1.93. The minimum atomic E-state index is -0.788. The Morgan fingerprint density at radius 2 is 2.00 bits per heavy atom. The van der Waals surface area contributed by atoms with E-state index in [4.69, 9.17) is 5.11 Å². The van der Waals surface area contributed by atoms with Gasteiger partial charge in [-0.2, -0.15) is 0 Å². The number of likely N-dealkylation sites (tertiary alicyclic amines) is 1. The van der Waals surface area contributed by atoms with E-state index in [0.29, 0.717) is 5.92 Å². The average Bonchev–Trinajstić information content (AvgIpc) is 2.83. The number of hydrogen-bond acceptors (Lipinski definition) is 3. The number of benzene rings is 1. The first kappa shape index (κ1) is 16.0. The van der Waals surface area contributed by atoms with Gasteiger partial charge in [0.2, 0.25) is 5.91 Å². The van der Waals surface area contributed by atoms with E-state index in [1.807, 2.05) is 36.1 Å². The number of piperidine rings is 1. The molecule has 2 saturated heterocycles. The maximum atomic E-state index is 12.6. The van der Waals surface area contributed by atoms with Crippen LogP contribution in [0.15, 0.2) is 24.3 Å². The molecule has 23 heavy (non-hydrogen) atoms. The van der Waals surface area contributed by atoms with Crippen LogP contribution in [0.25, 0.3) is 0 Å². The maximum absolute atomic E-state index is 12.6. The van der Waals surface area contributed by atoms with Gasteiger partial charge in [-0.25, -0.2) is 0 Å². The van der Waals surface area contributed by atoms with E-state index in [9.17, 15) is 9.59 Å². The molecule has 2 fully saturated rings. The molecule has 0 bridgehead atoms. The third-order valence-corrected chi connectivity index (χ3v) is 5.19. The first-order valence-corrected chi connectivity index (χ1v) is 8.27. The van der Waals surface area contributed by atoms with Gasteiger partial charge in [0.05, 0.1) is 6.42 Å². The molecule has 0 aliphatic carbocycles. The van der Waals surface area contributed by atoms with E-state index in [1.165, 1.54) is 0 Å². The molecular formula is C18H24N2O3. The van der Waals surface area contributed by atoms with Crippen LogP contribution in [0, 0.1) is 11.8 Å². The highest BCUT2D eigenvalue weighted by Crippen LogP contribution is 2.35. The van der Waals surface area contributed by atoms with Crippen molar-refractivity contribution in [2.24, 2.45) is 11.8 Å². The fourth-order valence-electron chi connectivity index (χ4n) is 3.84. The molecule has 1 unspecified atom stereocenters. The van der Waals surface area contributed by atoms with Crippen LogP contribution in [0.4, 0.5) is 5.69 Å². The van der Waals surface area contributed by atoms with Crippen molar-refractivity contribution in [3.05, 3.63) is 29.8 Å². The van der Waals surface area contributed by atoms with E-state index in [2.05, 4.69) is 11.9 Å². The first-order valence-electron chi connectivity index (χ1n) is 8.27. The van der Waals surface area contributed by atoms with Crippen molar-refractivity contribution >= 4 is 17.6 Å². The SMILES string of the molecule is CC(CC(=O)O)c1ccc(N2C[C@@H]3CN(C)CC[C@@H]3C2=O)cc1. The molecule has 1 aromatic rings. The van der Waals surface area contributed by atoms with Gasteiger partial charge in [-0.05, 0) is 43.6 Å². The van der Waals surface area contributed by atoms with E-state index >= 15 is 0 Å². The molecule has 2 heterocycles. The molecule has 1 amide bonds. The number of carboxylic acid groups (broad SMARTS) is 1. The molecule has 0 aromatic heterocycles. The maximum Gasteiger partial charge on any atom is 0.303 e. The first-order chi connectivity index (χ1) is 11.0. The molecule has 2 aliphatic heterocycles. The van der Waals surface area contributed by atoms with Gasteiger partial charge in [-0.15, -0.1) is 0 Å². The molecule has 124 valence electrons. The number of carbonyl (C=O) groups excluding carboxylic acids is 1. The largest absolute Gasteiger partial charge is 0.481 e. The predicted octanol–water partition coefficient (Wildman–Crippen LogP) is 2.18. The second-order valence-corrected chi connectivity index (χ2v) is 6.96. The van der Waals surface area contributed by atoms with Crippen molar-refractivity contribution < 1.29 is 14.7 Å². The van der Waals surface area contributed by atoms with Gasteiger partial charge in [-0.1, -0.05) is 19.1 Å². The Bertz CT molecular complexity index is 599. The summed E-state index contributed by atoms with van der Waals surface area (Å²) in [7, 11) is 2.11. The molecule has 3 atom stereocenters. The van der Waals surface area contributed by atoms with Crippen molar-refractivity contribution in [3.8, 4) is 0 Å². The van der Waals surface area contributed by atoms with E-state index in [0.717, 1.165) is 37.3 Å². The summed E-state index contributed by atoms with van der Waals surface area (Å²) in [5.74, 6) is 0.0228. The summed E-state index contributed by atoms with van der Waals surface area (Å²) >= 11 is 0. The monoisotopic (exact) mass is 316 g/mol. The van der Waals surface area contributed by atoms with Crippen molar-refractivity contribution in [2.75, 3.05) is 31.6 Å². The van der Waals surface area contributed by atoms with Crippen LogP contribution < -0.4 is 4.90 Å². The Balaban J connectivity index is 1.72. The molecule has 1 N–H and O–H groups in total. The van der Waals surface area contributed by atoms with Gasteiger partial charge in [0.25, 0.3) is 0 Å². The third kappa shape index (κ3) is 3.24. The number of amides is 1. The zero-order chi connectivity index (χ0) is 16.6. The number of aliphatic carboxylic acids is 1. The quantitative estimate of drug-likeness (QED) is 0.925. The summed E-state index contributed by atoms with van der Waals surface area (Å²) in [5, 5.41) is 8.89. The Morgan fingerprint density at radius 3 is 2.65 bits per heavy atom. The highest BCUT2D eigenvalue weighted by molar-refractivity contribution is 5.97. The number of anilines is 1. The van der Waals surface area contributed by atoms with Gasteiger partial charge in [0, 0.05) is 30.6 Å². The smallest absolute Gasteiger partial charge is 0.303 e. The van der Waals surface area contributed by atoms with Crippen LogP contribution in [0.3, 0.4) is 0 Å². The van der Waals surface area contributed by atoms with Gasteiger partial charge in [0.1, 0.15) is 0 Å². The summed E-state index contributed by atoms with van der Waals surface area (Å²) in [6.45, 7) is 4.68. The predicted molar refractivity (Wildman–Crippen MR) is 88.6 cm³/mol. The zero-order valence-corrected chi connectivity index (χ0v) is 13.7. The van der Waals surface area contributed by atoms with Crippen molar-refractivity contribution in [3.63, 3.8) is 0 Å². The lowest BCUT2D eigenvalue weighted by molar-refractivity contribution is -0.137. The van der Waals surface area contributed by atoms with Crippen LogP contribution in [0.1, 0.15) is 31.2 Å². The summed E-state index contributed by atoms with van der Waals surface area (Å²) < 4.78 is 0.